The Balaban J connectivity index is 1.33. The Kier molecular flexibility index (Phi) is 6.00. The molecule has 2 unspecified atom stereocenters. The van der Waals surface area contributed by atoms with Gasteiger partial charge in [-0.3, -0.25) is 9.88 Å². The minimum atomic E-state index is 0.249. The highest BCUT2D eigenvalue weighted by molar-refractivity contribution is 6.08. The lowest BCUT2D eigenvalue weighted by molar-refractivity contribution is 0.126. The summed E-state index contributed by atoms with van der Waals surface area (Å²) in [6, 6.07) is 18.1. The van der Waals surface area contributed by atoms with Crippen LogP contribution in [0.3, 0.4) is 0 Å². The Hall–Kier alpha value is -3.02. The second kappa shape index (κ2) is 9.08. The van der Waals surface area contributed by atoms with Gasteiger partial charge in [0.2, 0.25) is 0 Å². The number of rotatable bonds is 6. The summed E-state index contributed by atoms with van der Waals surface area (Å²) in [5.41, 5.74) is 12.9. The van der Waals surface area contributed by atoms with E-state index >= 15 is 0 Å². The third-order valence-corrected chi connectivity index (χ3v) is 7.17. The van der Waals surface area contributed by atoms with Gasteiger partial charge in [0.05, 0.1) is 12.1 Å². The van der Waals surface area contributed by atoms with Crippen molar-refractivity contribution < 1.29 is 5.11 Å². The number of hydrogen-bond acceptors (Lipinski definition) is 5. The second-order valence-electron chi connectivity index (χ2n) is 9.39. The topological polar surface area (TPSA) is 75.3 Å². The first-order valence-corrected chi connectivity index (χ1v) is 11.9. The average Bonchev–Trinajstić information content (AvgIpc) is 3.31. The SMILES string of the molecule is Cc1ccc2c(c1)nc(N)c1ncc(CCc3ccc(C(C)N4CCCC4CO)cc3)cc12. The van der Waals surface area contributed by atoms with Gasteiger partial charge < -0.3 is 10.8 Å². The monoisotopic (exact) mass is 440 g/mol. The van der Waals surface area contributed by atoms with Gasteiger partial charge in [0.25, 0.3) is 0 Å². The molecule has 2 atom stereocenters. The van der Waals surface area contributed by atoms with Gasteiger partial charge in [0.1, 0.15) is 5.52 Å². The Morgan fingerprint density at radius 2 is 1.85 bits per heavy atom. The zero-order valence-corrected chi connectivity index (χ0v) is 19.5. The molecule has 3 N–H and O–H groups in total. The molecule has 0 amide bonds. The number of aryl methyl sites for hydroxylation is 3. The average molecular weight is 441 g/mol. The number of anilines is 1. The van der Waals surface area contributed by atoms with Gasteiger partial charge in [0.15, 0.2) is 5.82 Å². The van der Waals surface area contributed by atoms with Crippen LogP contribution >= 0.6 is 0 Å². The fraction of sp³-hybridized carbons (Fsp3) is 0.357. The van der Waals surface area contributed by atoms with Gasteiger partial charge >= 0.3 is 0 Å². The number of pyridine rings is 2. The summed E-state index contributed by atoms with van der Waals surface area (Å²) in [6.07, 6.45) is 6.08. The van der Waals surface area contributed by atoms with Crippen molar-refractivity contribution in [3.05, 3.63) is 77.0 Å². The van der Waals surface area contributed by atoms with E-state index in [-0.39, 0.29) is 6.61 Å². The second-order valence-corrected chi connectivity index (χ2v) is 9.39. The van der Waals surface area contributed by atoms with Gasteiger partial charge in [-0.15, -0.1) is 0 Å². The number of aliphatic hydroxyl groups is 1. The van der Waals surface area contributed by atoms with Crippen molar-refractivity contribution in [2.75, 3.05) is 18.9 Å². The molecule has 0 saturated carbocycles. The number of nitrogen functional groups attached to an aromatic ring is 1. The van der Waals surface area contributed by atoms with Crippen LogP contribution in [0.2, 0.25) is 0 Å². The molecule has 170 valence electrons. The fourth-order valence-electron chi connectivity index (χ4n) is 5.21. The molecule has 0 aliphatic carbocycles. The van der Waals surface area contributed by atoms with Crippen LogP contribution in [-0.2, 0) is 12.8 Å². The maximum absolute atomic E-state index is 9.65. The van der Waals surface area contributed by atoms with E-state index in [1.807, 2.05) is 6.20 Å². The highest BCUT2D eigenvalue weighted by Crippen LogP contribution is 2.30. The molecule has 2 aromatic heterocycles. The van der Waals surface area contributed by atoms with Crippen LogP contribution in [0.4, 0.5) is 5.82 Å². The van der Waals surface area contributed by atoms with E-state index < -0.39 is 0 Å². The van der Waals surface area contributed by atoms with Crippen LogP contribution in [0.1, 0.15) is 48.1 Å². The number of aliphatic hydroxyl groups excluding tert-OH is 1. The quantitative estimate of drug-likeness (QED) is 0.414. The van der Waals surface area contributed by atoms with E-state index in [0.29, 0.717) is 17.9 Å². The van der Waals surface area contributed by atoms with Gasteiger partial charge in [-0.1, -0.05) is 36.4 Å². The largest absolute Gasteiger partial charge is 0.395 e. The minimum absolute atomic E-state index is 0.249. The molecule has 5 heteroatoms. The summed E-state index contributed by atoms with van der Waals surface area (Å²) >= 11 is 0. The minimum Gasteiger partial charge on any atom is -0.395 e. The predicted octanol–water partition coefficient (Wildman–Crippen LogP) is 4.98. The summed E-state index contributed by atoms with van der Waals surface area (Å²) in [4.78, 5) is 11.6. The lowest BCUT2D eigenvalue weighted by atomic mass is 9.99. The summed E-state index contributed by atoms with van der Waals surface area (Å²) in [5, 5.41) is 11.8. The molecular weight excluding hydrogens is 408 g/mol. The van der Waals surface area contributed by atoms with Crippen molar-refractivity contribution >= 4 is 27.6 Å². The molecule has 3 heterocycles. The zero-order valence-electron chi connectivity index (χ0n) is 19.5. The maximum Gasteiger partial charge on any atom is 0.150 e. The fourth-order valence-corrected chi connectivity index (χ4v) is 5.21. The standard InChI is InChI=1S/C28H32N4O/c1-18-5-12-24-25-15-21(16-30-27(25)28(29)31-26(24)14-18)7-6-20-8-10-22(11-9-20)19(2)32-13-3-4-23(32)17-33/h5,8-12,14-16,19,23,33H,3-4,6-7,13,17H2,1-2H3,(H2,29,31). The van der Waals surface area contributed by atoms with Crippen molar-refractivity contribution in [3.63, 3.8) is 0 Å². The molecular formula is C28H32N4O. The van der Waals surface area contributed by atoms with Crippen LogP contribution in [0, 0.1) is 6.92 Å². The molecule has 2 aromatic carbocycles. The van der Waals surface area contributed by atoms with Crippen LogP contribution in [0.5, 0.6) is 0 Å². The van der Waals surface area contributed by atoms with Crippen molar-refractivity contribution in [3.8, 4) is 0 Å². The molecule has 0 bridgehead atoms. The number of hydrogen-bond donors (Lipinski definition) is 2. The van der Waals surface area contributed by atoms with E-state index in [4.69, 9.17) is 5.73 Å². The normalized spacial score (nSPS) is 17.7. The molecule has 1 aliphatic heterocycles. The zero-order chi connectivity index (χ0) is 22.9. The lowest BCUT2D eigenvalue weighted by Crippen LogP contribution is -2.34. The van der Waals surface area contributed by atoms with E-state index in [1.54, 1.807) is 0 Å². The van der Waals surface area contributed by atoms with E-state index in [9.17, 15) is 5.11 Å². The van der Waals surface area contributed by atoms with Crippen LogP contribution < -0.4 is 5.73 Å². The summed E-state index contributed by atoms with van der Waals surface area (Å²) in [6.45, 7) is 5.63. The van der Waals surface area contributed by atoms with Crippen LogP contribution in [0.25, 0.3) is 21.8 Å². The van der Waals surface area contributed by atoms with E-state index in [2.05, 4.69) is 77.2 Å². The predicted molar refractivity (Wildman–Crippen MR) is 135 cm³/mol. The molecule has 4 aromatic rings. The molecule has 1 fully saturated rings. The first-order valence-electron chi connectivity index (χ1n) is 11.9. The smallest absolute Gasteiger partial charge is 0.150 e. The Labute approximate surface area is 195 Å². The van der Waals surface area contributed by atoms with E-state index in [1.165, 1.54) is 28.7 Å². The molecule has 33 heavy (non-hydrogen) atoms. The van der Waals surface area contributed by atoms with Crippen molar-refractivity contribution in [2.24, 2.45) is 0 Å². The Bertz CT molecular complexity index is 1280. The summed E-state index contributed by atoms with van der Waals surface area (Å²) in [5.74, 6) is 0.487. The third kappa shape index (κ3) is 4.31. The number of likely N-dealkylation sites (tertiary alicyclic amines) is 1. The molecule has 1 saturated heterocycles. The van der Waals surface area contributed by atoms with Crippen molar-refractivity contribution in [1.29, 1.82) is 0 Å². The molecule has 5 rings (SSSR count). The number of aromatic nitrogens is 2. The Morgan fingerprint density at radius 3 is 2.64 bits per heavy atom. The molecule has 0 spiro atoms. The van der Waals surface area contributed by atoms with Crippen molar-refractivity contribution in [1.82, 2.24) is 14.9 Å². The maximum atomic E-state index is 9.65. The van der Waals surface area contributed by atoms with Crippen LogP contribution in [-0.4, -0.2) is 39.2 Å². The van der Waals surface area contributed by atoms with Crippen molar-refractivity contribution in [2.45, 2.75) is 51.6 Å². The molecule has 0 radical (unpaired) electrons. The third-order valence-electron chi connectivity index (χ3n) is 7.17. The Morgan fingerprint density at radius 1 is 1.06 bits per heavy atom. The first kappa shape index (κ1) is 21.8. The van der Waals surface area contributed by atoms with Gasteiger partial charge in [-0.2, -0.15) is 0 Å². The van der Waals surface area contributed by atoms with Crippen LogP contribution in [0.15, 0.2) is 54.7 Å². The van der Waals surface area contributed by atoms with Gasteiger partial charge in [-0.25, -0.2) is 4.98 Å². The lowest BCUT2D eigenvalue weighted by Gasteiger charge is -2.30. The summed E-state index contributed by atoms with van der Waals surface area (Å²) < 4.78 is 0. The first-order chi connectivity index (χ1) is 16.0. The number of fused-ring (bicyclic) bond motifs is 3. The number of nitrogens with zero attached hydrogens (tertiary/aromatic N) is 3. The van der Waals surface area contributed by atoms with Gasteiger partial charge in [0, 0.05) is 29.1 Å². The highest BCUT2D eigenvalue weighted by atomic mass is 16.3. The molecule has 5 nitrogen and oxygen atoms in total. The highest BCUT2D eigenvalue weighted by Gasteiger charge is 2.28. The van der Waals surface area contributed by atoms with E-state index in [0.717, 1.165) is 47.6 Å². The van der Waals surface area contributed by atoms with Gasteiger partial charge in [-0.05, 0) is 80.5 Å². The number of benzene rings is 2. The molecule has 1 aliphatic rings. The number of nitrogens with two attached hydrogens (primary N) is 1. The summed E-state index contributed by atoms with van der Waals surface area (Å²) in [7, 11) is 0.